The number of aromatic nitrogens is 4. The van der Waals surface area contributed by atoms with Crippen LogP contribution in [0, 0.1) is 38.5 Å². The van der Waals surface area contributed by atoms with Gasteiger partial charge >= 0.3 is 0 Å². The first-order chi connectivity index (χ1) is 41.7. The topological polar surface area (TPSA) is 155 Å². The molecule has 0 radical (unpaired) electrons. The maximum Gasteiger partial charge on any atom is 0.254 e. The van der Waals surface area contributed by atoms with Gasteiger partial charge in [-0.15, -0.1) is 0 Å². The number of allylic oxidation sites excluding steroid dienone is 3. The third-order valence-corrected chi connectivity index (χ3v) is 13.3. The van der Waals surface area contributed by atoms with Crippen molar-refractivity contribution in [2.45, 2.75) is 290 Å². The molecule has 1 saturated heterocycles. The molecule has 5 N–H and O–H groups in total. The van der Waals surface area contributed by atoms with Gasteiger partial charge in [0.2, 0.25) is 0 Å². The minimum atomic E-state index is -0.00463. The van der Waals surface area contributed by atoms with Gasteiger partial charge in [-0.25, -0.2) is 9.97 Å². The van der Waals surface area contributed by atoms with Crippen LogP contribution in [0.1, 0.15) is 314 Å². The molecule has 8 rings (SSSR count). The van der Waals surface area contributed by atoms with E-state index in [1.165, 1.54) is 65.0 Å². The van der Waals surface area contributed by atoms with Crippen molar-refractivity contribution in [2.75, 3.05) is 20.1 Å². The van der Waals surface area contributed by atoms with Crippen LogP contribution in [0.25, 0.3) is 0 Å². The Balaban J connectivity index is -0.000000169. The number of hydrogen-bond donors (Lipinski definition) is 4. The number of rotatable bonds is 8. The van der Waals surface area contributed by atoms with E-state index >= 15 is 0 Å². The van der Waals surface area contributed by atoms with E-state index in [1.54, 1.807) is 44.6 Å². The molecule has 7 heterocycles. The molecule has 1 unspecified atom stereocenters. The molecule has 0 bridgehead atoms. The molecule has 0 aliphatic carbocycles. The zero-order chi connectivity index (χ0) is 69.7. The fraction of sp³-hybridized carbons (Fsp3) is 0.628. The van der Waals surface area contributed by atoms with Gasteiger partial charge in [-0.2, -0.15) is 0 Å². The highest BCUT2D eigenvalue weighted by atomic mass is 16.3. The van der Waals surface area contributed by atoms with Gasteiger partial charge in [0.25, 0.3) is 5.56 Å². The number of nitrogens with two attached hydrogens (primary N) is 1. The lowest BCUT2D eigenvalue weighted by Crippen LogP contribution is -2.41. The molecule has 2 aliphatic heterocycles. The van der Waals surface area contributed by atoms with Gasteiger partial charge in [0, 0.05) is 34.8 Å². The highest BCUT2D eigenvalue weighted by molar-refractivity contribution is 5.34. The van der Waals surface area contributed by atoms with Crippen molar-refractivity contribution >= 4 is 0 Å². The molecule has 1 fully saturated rings. The number of hydrogen-bond acceptors (Lipinski definition) is 9. The Kier molecular flexibility index (Phi) is 66.7. The van der Waals surface area contributed by atoms with Crippen molar-refractivity contribution in [3.8, 4) is 0 Å². The summed E-state index contributed by atoms with van der Waals surface area (Å²) in [7, 11) is 2.22. The summed E-state index contributed by atoms with van der Waals surface area (Å²) < 4.78 is 14.8. The van der Waals surface area contributed by atoms with E-state index in [4.69, 9.17) is 19.0 Å². The average molecular weight is 1250 g/mol. The molecule has 516 valence electrons. The number of furan rings is 3. The molecule has 2 aliphatic rings. The third kappa shape index (κ3) is 46.1. The zero-order valence-corrected chi connectivity index (χ0v) is 63.4. The molecular formula is C78H145N7O4. The Labute approximate surface area is 551 Å². The van der Waals surface area contributed by atoms with Crippen LogP contribution in [0.15, 0.2) is 133 Å². The summed E-state index contributed by atoms with van der Waals surface area (Å²) in [4.78, 5) is 27.6. The van der Waals surface area contributed by atoms with Crippen LogP contribution in [-0.2, 0) is 0 Å². The van der Waals surface area contributed by atoms with Crippen molar-refractivity contribution in [3.63, 3.8) is 0 Å². The van der Waals surface area contributed by atoms with Crippen LogP contribution >= 0.6 is 0 Å². The van der Waals surface area contributed by atoms with Crippen LogP contribution < -0.4 is 16.6 Å². The average Bonchev–Trinajstić information content (AvgIpc) is 4.56. The molecule has 6 aromatic rings. The van der Waals surface area contributed by atoms with Gasteiger partial charge < -0.3 is 39.2 Å². The van der Waals surface area contributed by atoms with Crippen LogP contribution in [0.4, 0.5) is 0 Å². The van der Waals surface area contributed by atoms with Gasteiger partial charge in [0.1, 0.15) is 11.6 Å². The minimum Gasteiger partial charge on any atom is -0.472 e. The first-order valence-corrected chi connectivity index (χ1v) is 34.0. The SMILES string of the molecule is C.CC.CC.CC.CC.CC.CC.CC(C)C1CCN(C)CC1.CC(C)c1ccco1.CC(C)c1ccoc1.CC(C)c1ccoc1.CC(C)c1cnc[nH]1.CC1=CC(C)=C(C(C)C)C(N)N1.Cc1ccccc1C(C)C.Cc1nc(C)c(C(C)C)c(=O)[nH]1. The predicted molar refractivity (Wildman–Crippen MR) is 397 cm³/mol. The van der Waals surface area contributed by atoms with Crippen molar-refractivity contribution in [1.29, 1.82) is 0 Å². The van der Waals surface area contributed by atoms with Gasteiger partial charge in [-0.3, -0.25) is 4.79 Å². The van der Waals surface area contributed by atoms with E-state index in [0.717, 1.165) is 34.6 Å². The quantitative estimate of drug-likeness (QED) is 0.117. The fourth-order valence-electron chi connectivity index (χ4n) is 8.59. The number of aromatic amines is 2. The zero-order valence-electron chi connectivity index (χ0n) is 63.4. The second-order valence-electron chi connectivity index (χ2n) is 22.7. The number of benzene rings is 1. The second-order valence-corrected chi connectivity index (χ2v) is 22.7. The number of nitrogens with one attached hydrogen (secondary N) is 3. The lowest BCUT2D eigenvalue weighted by Gasteiger charge is -2.31. The summed E-state index contributed by atoms with van der Waals surface area (Å²) in [5.74, 6) is 7.32. The smallest absolute Gasteiger partial charge is 0.254 e. The second kappa shape index (κ2) is 61.2. The summed E-state index contributed by atoms with van der Waals surface area (Å²) in [6, 6.07) is 16.4. The van der Waals surface area contributed by atoms with Crippen molar-refractivity contribution in [2.24, 2.45) is 23.5 Å². The van der Waals surface area contributed by atoms with Crippen LogP contribution in [0.2, 0.25) is 0 Å². The van der Waals surface area contributed by atoms with E-state index in [0.29, 0.717) is 41.3 Å². The number of piperidine rings is 1. The molecule has 1 aromatic carbocycles. The van der Waals surface area contributed by atoms with E-state index in [-0.39, 0.29) is 25.1 Å². The highest BCUT2D eigenvalue weighted by Crippen LogP contribution is 2.24. The molecule has 0 saturated carbocycles. The summed E-state index contributed by atoms with van der Waals surface area (Å²) in [6.45, 7) is 71.1. The van der Waals surface area contributed by atoms with Crippen LogP contribution in [0.5, 0.6) is 0 Å². The standard InChI is InChI=1S/C10H18N2.C10H14.C9H14N2O.C9H19N.3C7H10O.C6H10N2.6C2H6.CH4/c1-6(2)9-7(3)5-8(4)12-10(9)11;1-8(2)10-7-5-4-6-9(10)3;1-5(2)8-6(3)10-7(4)11-9(8)12;1-8(2)9-4-6-10(3)7-5-9;2*1-6(2)7-3-4-8-5-7;1-6(2)7-4-3-5-8-7;1-5(2)6-3-7-4-8-6;6*1-2;/h5-6,10,12H,11H2,1-4H3;4-8H,1-3H3;5H,1-4H3,(H,10,11,12);8-9H,4-7H2,1-3H3;3*3-6H,1-2H3;3-5H,1-2H3,(H,7,8);6*1-2H3;1H4. The number of imidazole rings is 1. The Morgan fingerprint density at radius 2 is 1.07 bits per heavy atom. The molecule has 11 heteroatoms. The summed E-state index contributed by atoms with van der Waals surface area (Å²) >= 11 is 0. The Hall–Kier alpha value is -5.65. The van der Waals surface area contributed by atoms with E-state index < -0.39 is 0 Å². The van der Waals surface area contributed by atoms with Gasteiger partial charge in [0.05, 0.1) is 43.8 Å². The number of dihydropyridines is 1. The summed E-state index contributed by atoms with van der Waals surface area (Å²) in [5, 5.41) is 3.22. The van der Waals surface area contributed by atoms with Crippen molar-refractivity contribution < 1.29 is 13.3 Å². The highest BCUT2D eigenvalue weighted by Gasteiger charge is 2.20. The molecule has 0 spiro atoms. The molecule has 1 atom stereocenters. The molecule has 5 aromatic heterocycles. The molecular weight excluding hydrogens is 1100 g/mol. The number of likely N-dealkylation sites (tertiary alicyclic amines) is 1. The van der Waals surface area contributed by atoms with E-state index in [9.17, 15) is 4.79 Å². The van der Waals surface area contributed by atoms with E-state index in [1.807, 2.05) is 141 Å². The number of nitrogens with zero attached hydrogens (tertiary/aromatic N) is 3. The number of H-pyrrole nitrogens is 2. The Bertz CT molecular complexity index is 2330. The Morgan fingerprint density at radius 1 is 0.584 bits per heavy atom. The van der Waals surface area contributed by atoms with Gasteiger partial charge in [-0.1, -0.05) is 226 Å². The number of aryl methyl sites for hydroxylation is 3. The monoisotopic (exact) mass is 1240 g/mol. The van der Waals surface area contributed by atoms with Crippen LogP contribution in [-0.4, -0.2) is 51.1 Å². The lowest BCUT2D eigenvalue weighted by molar-refractivity contribution is 0.185. The maximum atomic E-state index is 11.4. The molecule has 0 amide bonds. The van der Waals surface area contributed by atoms with Crippen molar-refractivity contribution in [3.05, 3.63) is 176 Å². The summed E-state index contributed by atoms with van der Waals surface area (Å²) in [6.07, 6.45) is 17.2. The predicted octanol–water partition coefficient (Wildman–Crippen LogP) is 23.9. The largest absolute Gasteiger partial charge is 0.472 e. The molecule has 89 heavy (non-hydrogen) atoms. The fourth-order valence-corrected chi connectivity index (χ4v) is 8.59. The first kappa shape index (κ1) is 97.0. The van der Waals surface area contributed by atoms with E-state index in [2.05, 4.69) is 178 Å². The van der Waals surface area contributed by atoms with Gasteiger partial charge in [0.15, 0.2) is 0 Å². The first-order valence-electron chi connectivity index (χ1n) is 34.0. The maximum absolute atomic E-state index is 11.4. The van der Waals surface area contributed by atoms with Crippen LogP contribution in [0.3, 0.4) is 0 Å². The van der Waals surface area contributed by atoms with Crippen molar-refractivity contribution in [1.82, 2.24) is 30.2 Å². The molecule has 11 nitrogen and oxygen atoms in total. The minimum absolute atomic E-state index is 0. The normalized spacial score (nSPS) is 12.7. The van der Waals surface area contributed by atoms with Gasteiger partial charge in [-0.05, 0) is 179 Å². The lowest BCUT2D eigenvalue weighted by atomic mass is 9.87. The summed E-state index contributed by atoms with van der Waals surface area (Å²) in [5.41, 5.74) is 18.0. The Morgan fingerprint density at radius 3 is 1.34 bits per heavy atom. The third-order valence-electron chi connectivity index (χ3n) is 13.3.